The average molecular weight is 502 g/mol. The number of Topliss-reactive ketones (excluding diaryl/α,β-unsaturated/α-hetero) is 1. The number of allylic oxidation sites excluding steroid dienone is 2. The van der Waals surface area contributed by atoms with Crippen LogP contribution in [0.2, 0.25) is 0 Å². The fourth-order valence-corrected chi connectivity index (χ4v) is 11.2. The third-order valence-corrected chi connectivity index (χ3v) is 12.8. The van der Waals surface area contributed by atoms with Crippen molar-refractivity contribution in [2.45, 2.75) is 98.5 Å². The van der Waals surface area contributed by atoms with Gasteiger partial charge in [0.05, 0.1) is 17.7 Å². The van der Waals surface area contributed by atoms with Gasteiger partial charge in [-0.25, -0.2) is 0 Å². The highest BCUT2D eigenvalue weighted by Gasteiger charge is 2.68. The fraction of sp³-hybridized carbons (Fsp3) is 0.867. The van der Waals surface area contributed by atoms with Crippen LogP contribution < -0.4 is 0 Å². The fourth-order valence-electron chi connectivity index (χ4n) is 10.9. The quantitative estimate of drug-likeness (QED) is 0.407. The number of aliphatic hydroxyl groups is 2. The van der Waals surface area contributed by atoms with E-state index in [0.717, 1.165) is 44.9 Å². The summed E-state index contributed by atoms with van der Waals surface area (Å²) in [6, 6.07) is 2.31. The number of hydrogen-bond acceptors (Lipinski definition) is 4. The van der Waals surface area contributed by atoms with E-state index in [4.69, 9.17) is 11.6 Å². The number of halogens is 1. The molecule has 5 heteroatoms. The second kappa shape index (κ2) is 8.22. The molecule has 0 saturated heterocycles. The summed E-state index contributed by atoms with van der Waals surface area (Å²) in [5, 5.41) is 32.0. The van der Waals surface area contributed by atoms with Crippen molar-refractivity contribution in [3.05, 3.63) is 11.3 Å². The lowest BCUT2D eigenvalue weighted by Crippen LogP contribution is -2.65. The zero-order valence-electron chi connectivity index (χ0n) is 22.2. The molecular formula is C30H44ClNO3. The highest BCUT2D eigenvalue weighted by molar-refractivity contribution is 6.18. The molecule has 35 heavy (non-hydrogen) atoms. The molecular weight excluding hydrogens is 458 g/mol. The topological polar surface area (TPSA) is 81.3 Å². The summed E-state index contributed by atoms with van der Waals surface area (Å²) in [5.74, 6) is 2.50. The molecule has 0 aromatic rings. The van der Waals surface area contributed by atoms with Gasteiger partial charge in [-0.2, -0.15) is 5.26 Å². The van der Waals surface area contributed by atoms with E-state index >= 15 is 0 Å². The standard InChI is InChI=1S/C30H44ClNO3/c1-17-6-10-30(24(34)15-31)11-7-19-25(20(30)12-17)21(33)13-23-28(19,4)9-8-22-27(2,3)26(35)18(16-32)14-29(22,23)5/h17,19-20,22-25,34-35H,6-15H2,1-5H3. The van der Waals surface area contributed by atoms with Crippen molar-refractivity contribution in [1.82, 2.24) is 0 Å². The van der Waals surface area contributed by atoms with Crippen LogP contribution in [0, 0.1) is 68.5 Å². The molecule has 0 aliphatic heterocycles. The zero-order valence-corrected chi connectivity index (χ0v) is 23.0. The molecule has 5 rings (SSSR count). The maximum Gasteiger partial charge on any atom is 0.136 e. The predicted molar refractivity (Wildman–Crippen MR) is 138 cm³/mol. The van der Waals surface area contributed by atoms with Gasteiger partial charge in [0.15, 0.2) is 0 Å². The third-order valence-electron chi connectivity index (χ3n) is 12.5. The van der Waals surface area contributed by atoms with Gasteiger partial charge >= 0.3 is 0 Å². The summed E-state index contributed by atoms with van der Waals surface area (Å²) in [6.07, 6.45) is 7.74. The van der Waals surface area contributed by atoms with Crippen LogP contribution in [0.4, 0.5) is 0 Å². The predicted octanol–water partition coefficient (Wildman–Crippen LogP) is 6.81. The van der Waals surface area contributed by atoms with Gasteiger partial charge in [0.25, 0.3) is 0 Å². The van der Waals surface area contributed by atoms with Crippen LogP contribution in [0.5, 0.6) is 0 Å². The van der Waals surface area contributed by atoms with Crippen LogP contribution in [0.25, 0.3) is 0 Å². The Morgan fingerprint density at radius 3 is 2.40 bits per heavy atom. The van der Waals surface area contributed by atoms with E-state index in [2.05, 4.69) is 40.7 Å². The largest absolute Gasteiger partial charge is 0.511 e. The SMILES string of the molecule is CC1CCC2(C(O)CCl)CCC3C(C(=O)CC4C3(C)CCC3C(C)(C)C(O)=C(C#N)CC34C)C2C1. The van der Waals surface area contributed by atoms with Crippen LogP contribution in [-0.4, -0.2) is 28.0 Å². The maximum absolute atomic E-state index is 14.2. The van der Waals surface area contributed by atoms with Crippen molar-refractivity contribution < 1.29 is 15.0 Å². The number of carbonyl (C=O) groups excluding carboxylic acids is 1. The molecule has 0 spiro atoms. The first-order valence-corrected chi connectivity index (χ1v) is 14.5. The van der Waals surface area contributed by atoms with Crippen molar-refractivity contribution >= 4 is 17.4 Å². The molecule has 10 unspecified atom stereocenters. The number of rotatable bonds is 2. The molecule has 4 nitrogen and oxygen atoms in total. The first-order chi connectivity index (χ1) is 16.4. The Kier molecular flexibility index (Phi) is 6.01. The summed E-state index contributed by atoms with van der Waals surface area (Å²) < 4.78 is 0. The van der Waals surface area contributed by atoms with Crippen LogP contribution in [-0.2, 0) is 4.79 Å². The summed E-state index contributed by atoms with van der Waals surface area (Å²) in [4.78, 5) is 14.2. The van der Waals surface area contributed by atoms with E-state index in [1.165, 1.54) is 0 Å². The Balaban J connectivity index is 1.56. The minimum atomic E-state index is -0.542. The summed E-state index contributed by atoms with van der Waals surface area (Å²) in [7, 11) is 0. The number of hydrogen-bond donors (Lipinski definition) is 2. The second-order valence-electron chi connectivity index (χ2n) is 14.2. The molecule has 2 N–H and O–H groups in total. The monoisotopic (exact) mass is 501 g/mol. The van der Waals surface area contributed by atoms with E-state index in [-0.39, 0.29) is 51.6 Å². The van der Waals surface area contributed by atoms with E-state index in [1.807, 2.05) is 0 Å². The molecule has 0 heterocycles. The van der Waals surface area contributed by atoms with Crippen LogP contribution in [0.1, 0.15) is 92.4 Å². The van der Waals surface area contributed by atoms with Crippen LogP contribution in [0.3, 0.4) is 0 Å². The van der Waals surface area contributed by atoms with Crippen molar-refractivity contribution in [2.75, 3.05) is 5.88 Å². The lowest BCUT2D eigenvalue weighted by Gasteiger charge is -2.68. The second-order valence-corrected chi connectivity index (χ2v) is 14.5. The van der Waals surface area contributed by atoms with Gasteiger partial charge in [0.1, 0.15) is 11.5 Å². The molecule has 0 aromatic heterocycles. The van der Waals surface area contributed by atoms with E-state index in [9.17, 15) is 20.3 Å². The minimum absolute atomic E-state index is 0.0155. The zero-order chi connectivity index (χ0) is 25.6. The van der Waals surface area contributed by atoms with Gasteiger partial charge in [-0.15, -0.1) is 11.6 Å². The van der Waals surface area contributed by atoms with Gasteiger partial charge in [0, 0.05) is 29.0 Å². The Bertz CT molecular complexity index is 983. The number of nitriles is 1. The molecule has 0 amide bonds. The molecule has 4 saturated carbocycles. The van der Waals surface area contributed by atoms with Gasteiger partial charge in [-0.05, 0) is 85.4 Å². The van der Waals surface area contributed by atoms with Crippen molar-refractivity contribution in [3.63, 3.8) is 0 Å². The van der Waals surface area contributed by atoms with E-state index in [0.29, 0.717) is 36.0 Å². The average Bonchev–Trinajstić information content (AvgIpc) is 2.82. The number of nitrogens with zero attached hydrogens (tertiary/aromatic N) is 1. The molecule has 10 atom stereocenters. The maximum atomic E-state index is 14.2. The van der Waals surface area contributed by atoms with Crippen molar-refractivity contribution in [2.24, 2.45) is 57.2 Å². The molecule has 5 aliphatic rings. The normalized spacial score (nSPS) is 49.7. The Morgan fingerprint density at radius 2 is 1.74 bits per heavy atom. The van der Waals surface area contributed by atoms with Gasteiger partial charge in [-0.1, -0.05) is 41.0 Å². The van der Waals surface area contributed by atoms with Gasteiger partial charge in [-0.3, -0.25) is 4.79 Å². The molecule has 5 aliphatic carbocycles. The number of carbonyl (C=O) groups is 1. The summed E-state index contributed by atoms with van der Waals surface area (Å²) in [6.45, 7) is 11.2. The minimum Gasteiger partial charge on any atom is -0.511 e. The van der Waals surface area contributed by atoms with Crippen molar-refractivity contribution in [3.8, 4) is 6.07 Å². The summed E-state index contributed by atoms with van der Waals surface area (Å²) in [5.41, 5.74) is -0.304. The van der Waals surface area contributed by atoms with E-state index < -0.39 is 11.5 Å². The third kappa shape index (κ3) is 3.29. The lowest BCUT2D eigenvalue weighted by molar-refractivity contribution is -0.205. The smallest absolute Gasteiger partial charge is 0.136 e. The Morgan fingerprint density at radius 1 is 1.06 bits per heavy atom. The first-order valence-electron chi connectivity index (χ1n) is 14.0. The Hall–Kier alpha value is -1.05. The highest BCUT2D eigenvalue weighted by atomic mass is 35.5. The number of ketones is 1. The molecule has 4 fully saturated rings. The Labute approximate surface area is 216 Å². The highest BCUT2D eigenvalue weighted by Crippen LogP contribution is 2.72. The van der Waals surface area contributed by atoms with E-state index in [1.54, 1.807) is 0 Å². The van der Waals surface area contributed by atoms with Gasteiger partial charge in [0.2, 0.25) is 0 Å². The first kappa shape index (κ1) is 25.6. The number of aliphatic hydroxyl groups excluding tert-OH is 2. The molecule has 0 aromatic carbocycles. The molecule has 194 valence electrons. The molecule has 0 bridgehead atoms. The molecule has 0 radical (unpaired) electrons. The summed E-state index contributed by atoms with van der Waals surface area (Å²) >= 11 is 6.26. The van der Waals surface area contributed by atoms with Crippen molar-refractivity contribution in [1.29, 1.82) is 5.26 Å². The number of alkyl halides is 1. The van der Waals surface area contributed by atoms with Gasteiger partial charge < -0.3 is 10.2 Å². The van der Waals surface area contributed by atoms with Crippen LogP contribution >= 0.6 is 11.6 Å². The lowest BCUT2D eigenvalue weighted by atomic mass is 9.35. The number of fused-ring (bicyclic) bond motifs is 7. The van der Waals surface area contributed by atoms with Crippen LogP contribution in [0.15, 0.2) is 11.3 Å².